The zero-order valence-electron chi connectivity index (χ0n) is 13.5. The van der Waals surface area contributed by atoms with E-state index < -0.39 is 0 Å². The van der Waals surface area contributed by atoms with Crippen LogP contribution in [0.25, 0.3) is 10.9 Å². The monoisotopic (exact) mass is 326 g/mol. The highest BCUT2D eigenvalue weighted by atomic mass is 35.5. The molecule has 2 atom stereocenters. The van der Waals surface area contributed by atoms with Crippen molar-refractivity contribution in [2.45, 2.75) is 25.8 Å². The smallest absolute Gasteiger partial charge is 0.0481 e. The Morgan fingerprint density at radius 3 is 3.00 bits per heavy atom. The van der Waals surface area contributed by atoms with E-state index in [9.17, 15) is 0 Å². The summed E-state index contributed by atoms with van der Waals surface area (Å²) in [5, 5.41) is 5.71. The van der Waals surface area contributed by atoms with Crippen LogP contribution in [0.4, 0.5) is 0 Å². The Morgan fingerprint density at radius 1 is 1.43 bits per heavy atom. The van der Waals surface area contributed by atoms with Gasteiger partial charge >= 0.3 is 0 Å². The summed E-state index contributed by atoms with van der Waals surface area (Å²) < 4.78 is 0. The first-order chi connectivity index (χ1) is 11.1. The van der Waals surface area contributed by atoms with Gasteiger partial charge < -0.3 is 10.3 Å². The van der Waals surface area contributed by atoms with E-state index in [-0.39, 0.29) is 0 Å². The molecule has 2 heterocycles. The van der Waals surface area contributed by atoms with Crippen LogP contribution in [0, 0.1) is 5.92 Å². The lowest BCUT2D eigenvalue weighted by atomic mass is 9.88. The molecular weight excluding hydrogens is 304 g/mol. The molecule has 0 amide bonds. The molecule has 0 saturated carbocycles. The Balaban J connectivity index is 1.93. The van der Waals surface area contributed by atoms with Crippen molar-refractivity contribution in [2.24, 2.45) is 5.92 Å². The van der Waals surface area contributed by atoms with Crippen LogP contribution >= 0.6 is 11.6 Å². The summed E-state index contributed by atoms with van der Waals surface area (Å²) in [4.78, 5) is 3.60. The van der Waals surface area contributed by atoms with Crippen molar-refractivity contribution in [2.75, 3.05) is 6.54 Å². The molecule has 0 fully saturated rings. The zero-order valence-corrected chi connectivity index (χ0v) is 14.3. The Hall–Kier alpha value is -1.77. The Kier molecular flexibility index (Phi) is 4.74. The van der Waals surface area contributed by atoms with E-state index in [1.165, 1.54) is 27.7 Å². The molecule has 2 nitrogen and oxygen atoms in total. The summed E-state index contributed by atoms with van der Waals surface area (Å²) in [5.41, 5.74) is 5.12. The zero-order chi connectivity index (χ0) is 16.4. The third-order valence-corrected chi connectivity index (χ3v) is 4.95. The lowest BCUT2D eigenvalue weighted by Crippen LogP contribution is -2.31. The Labute approximate surface area is 142 Å². The highest BCUT2D eigenvalue weighted by molar-refractivity contribution is 6.31. The van der Waals surface area contributed by atoms with Gasteiger partial charge in [0.25, 0.3) is 0 Å². The molecule has 1 aromatic heterocycles. The molecule has 0 aliphatic carbocycles. The number of H-pyrrole nitrogens is 1. The summed E-state index contributed by atoms with van der Waals surface area (Å²) in [7, 11) is 0. The molecule has 23 heavy (non-hydrogen) atoms. The van der Waals surface area contributed by atoms with Gasteiger partial charge in [0, 0.05) is 27.7 Å². The fourth-order valence-corrected chi connectivity index (χ4v) is 3.71. The predicted molar refractivity (Wildman–Crippen MR) is 100 cm³/mol. The Bertz CT molecular complexity index is 769. The lowest BCUT2D eigenvalue weighted by molar-refractivity contribution is 0.422. The second-order valence-electron chi connectivity index (χ2n) is 6.21. The second kappa shape index (κ2) is 6.77. The highest BCUT2D eigenvalue weighted by Gasteiger charge is 2.25. The summed E-state index contributed by atoms with van der Waals surface area (Å²) >= 11 is 6.18. The molecule has 1 aliphatic rings. The van der Waals surface area contributed by atoms with Crippen LogP contribution in [0.15, 0.2) is 55.2 Å². The minimum absolute atomic E-state index is 0.327. The van der Waals surface area contributed by atoms with Gasteiger partial charge in [-0.05, 0) is 54.6 Å². The van der Waals surface area contributed by atoms with Crippen molar-refractivity contribution in [3.8, 4) is 0 Å². The van der Waals surface area contributed by atoms with E-state index in [4.69, 9.17) is 11.6 Å². The number of aromatic amines is 1. The van der Waals surface area contributed by atoms with Crippen LogP contribution in [0.2, 0.25) is 5.02 Å². The molecule has 0 bridgehead atoms. The maximum Gasteiger partial charge on any atom is 0.0481 e. The van der Waals surface area contributed by atoms with Crippen LogP contribution in [0.5, 0.6) is 0 Å². The quantitative estimate of drug-likeness (QED) is 0.714. The van der Waals surface area contributed by atoms with Crippen molar-refractivity contribution >= 4 is 22.5 Å². The molecule has 120 valence electrons. The van der Waals surface area contributed by atoms with E-state index in [0.29, 0.717) is 12.0 Å². The number of hydrogen-bond acceptors (Lipinski definition) is 1. The lowest BCUT2D eigenvalue weighted by Gasteiger charge is -2.27. The van der Waals surface area contributed by atoms with E-state index in [0.717, 1.165) is 24.4 Å². The van der Waals surface area contributed by atoms with Gasteiger partial charge in [0.1, 0.15) is 0 Å². The van der Waals surface area contributed by atoms with Crippen LogP contribution in [-0.4, -0.2) is 11.5 Å². The summed E-state index contributed by atoms with van der Waals surface area (Å²) in [5.74, 6) is 0.420. The predicted octanol–water partition coefficient (Wildman–Crippen LogP) is 5.33. The first kappa shape index (κ1) is 16.1. The number of aromatic nitrogens is 1. The molecule has 2 unspecified atom stereocenters. The first-order valence-electron chi connectivity index (χ1n) is 8.12. The third-order valence-electron chi connectivity index (χ3n) is 4.72. The summed E-state index contributed by atoms with van der Waals surface area (Å²) in [6.45, 7) is 11.0. The van der Waals surface area contributed by atoms with Crippen molar-refractivity contribution in [1.82, 2.24) is 10.3 Å². The van der Waals surface area contributed by atoms with Crippen LogP contribution < -0.4 is 5.32 Å². The first-order valence-corrected chi connectivity index (χ1v) is 8.50. The Morgan fingerprint density at radius 2 is 2.26 bits per heavy atom. The maximum atomic E-state index is 6.18. The van der Waals surface area contributed by atoms with E-state index in [1.807, 2.05) is 24.3 Å². The van der Waals surface area contributed by atoms with Crippen molar-refractivity contribution in [1.29, 1.82) is 0 Å². The van der Waals surface area contributed by atoms with E-state index in [2.05, 4.69) is 42.5 Å². The number of allylic oxidation sites excluding steroid dienone is 4. The molecule has 1 aliphatic heterocycles. The molecule has 3 heteroatoms. The van der Waals surface area contributed by atoms with Crippen molar-refractivity contribution in [3.63, 3.8) is 0 Å². The van der Waals surface area contributed by atoms with Gasteiger partial charge in [-0.3, -0.25) is 0 Å². The van der Waals surface area contributed by atoms with Gasteiger partial charge in [-0.15, -0.1) is 0 Å². The fourth-order valence-electron chi connectivity index (χ4n) is 3.54. The number of fused-ring (bicyclic) bond motifs is 3. The number of benzene rings is 1. The fraction of sp³-hybridized carbons (Fsp3) is 0.300. The minimum atomic E-state index is 0.327. The van der Waals surface area contributed by atoms with Gasteiger partial charge in [-0.1, -0.05) is 49.9 Å². The van der Waals surface area contributed by atoms with Crippen molar-refractivity contribution in [3.05, 3.63) is 71.4 Å². The molecule has 3 rings (SSSR count). The number of nitrogens with one attached hydrogen (secondary N) is 2. The molecule has 0 saturated heterocycles. The average Bonchev–Trinajstić information content (AvgIpc) is 2.91. The van der Waals surface area contributed by atoms with Crippen molar-refractivity contribution < 1.29 is 0 Å². The van der Waals surface area contributed by atoms with Crippen LogP contribution in [-0.2, 0) is 6.42 Å². The standard InChI is InChI=1S/C20H23ClN2/c1-4-6-14(5-2)13(3)11-19-20-16(9-10-22-19)17-12-15(21)7-8-18(17)23-20/h4-8,12-13,19,22-23H,1-2,9-11H2,3H3/b14-6+. The number of hydrogen-bond donors (Lipinski definition) is 2. The van der Waals surface area contributed by atoms with Gasteiger partial charge in [0.15, 0.2) is 0 Å². The largest absolute Gasteiger partial charge is 0.357 e. The maximum absolute atomic E-state index is 6.18. The van der Waals surface area contributed by atoms with Gasteiger partial charge in [-0.2, -0.15) is 0 Å². The molecular formula is C20H23ClN2. The molecule has 1 aromatic carbocycles. The van der Waals surface area contributed by atoms with Gasteiger partial charge in [-0.25, -0.2) is 0 Å². The molecule has 2 aromatic rings. The molecule has 0 spiro atoms. The normalized spacial score (nSPS) is 19.4. The van der Waals surface area contributed by atoms with E-state index >= 15 is 0 Å². The van der Waals surface area contributed by atoms with Crippen LogP contribution in [0.1, 0.15) is 30.6 Å². The van der Waals surface area contributed by atoms with Crippen LogP contribution in [0.3, 0.4) is 0 Å². The molecule has 2 N–H and O–H groups in total. The highest BCUT2D eigenvalue weighted by Crippen LogP contribution is 2.35. The average molecular weight is 327 g/mol. The SMILES string of the molecule is C=C/C=C(\C=C)C(C)CC1NCCc2c1[nH]c1ccc(Cl)cc21. The number of rotatable bonds is 5. The third kappa shape index (κ3) is 3.15. The van der Waals surface area contributed by atoms with E-state index in [1.54, 1.807) is 0 Å². The second-order valence-corrected chi connectivity index (χ2v) is 6.64. The number of halogens is 1. The summed E-state index contributed by atoms with van der Waals surface area (Å²) in [6.07, 6.45) is 7.88. The van der Waals surface area contributed by atoms with Gasteiger partial charge in [0.2, 0.25) is 0 Å². The van der Waals surface area contributed by atoms with Gasteiger partial charge in [0.05, 0.1) is 0 Å². The minimum Gasteiger partial charge on any atom is -0.357 e. The molecule has 0 radical (unpaired) electrons. The summed E-state index contributed by atoms with van der Waals surface area (Å²) in [6, 6.07) is 6.42. The topological polar surface area (TPSA) is 27.8 Å².